The number of hydrogen-bond donors (Lipinski definition) is 3. The molecule has 0 unspecified atom stereocenters. The largest absolute Gasteiger partial charge is 0.364 e. The standard InChI is InChI=1S/C18H14N8O4S2/c1-25-8-21-24-18(25)32-14-3-2-9(5-13(14)26(29)30)16(28)23-17-22-12(7-31-17)10-4-11(15(19)27)20-6-10/h2-8,20H,1H3,(H2,19,27)(H,22,23,28). The zero-order valence-electron chi connectivity index (χ0n) is 16.3. The normalized spacial score (nSPS) is 10.8. The summed E-state index contributed by atoms with van der Waals surface area (Å²) in [4.78, 5) is 42.2. The number of aromatic amines is 1. The van der Waals surface area contributed by atoms with Crippen molar-refractivity contribution in [2.75, 3.05) is 5.32 Å². The van der Waals surface area contributed by atoms with Gasteiger partial charge in [-0.2, -0.15) is 0 Å². The molecule has 0 atom stereocenters. The summed E-state index contributed by atoms with van der Waals surface area (Å²) in [6.45, 7) is 0. The van der Waals surface area contributed by atoms with Crippen molar-refractivity contribution in [3.63, 3.8) is 0 Å². The number of rotatable bonds is 7. The second-order valence-electron chi connectivity index (χ2n) is 6.42. The van der Waals surface area contributed by atoms with Crippen LogP contribution in [0.25, 0.3) is 11.3 Å². The molecular weight excluding hydrogens is 456 g/mol. The van der Waals surface area contributed by atoms with Crippen molar-refractivity contribution in [2.24, 2.45) is 12.8 Å². The number of carbonyl (C=O) groups is 2. The first-order valence-electron chi connectivity index (χ1n) is 8.87. The number of H-pyrrole nitrogens is 1. The maximum Gasteiger partial charge on any atom is 0.284 e. The Morgan fingerprint density at radius 1 is 1.34 bits per heavy atom. The molecular formula is C18H14N8O4S2. The maximum absolute atomic E-state index is 12.6. The highest BCUT2D eigenvalue weighted by Crippen LogP contribution is 2.34. The van der Waals surface area contributed by atoms with Gasteiger partial charge in [0.2, 0.25) is 0 Å². The predicted octanol–water partition coefficient (Wildman–Crippen LogP) is 2.68. The van der Waals surface area contributed by atoms with E-state index >= 15 is 0 Å². The number of aryl methyl sites for hydroxylation is 1. The minimum atomic E-state index is -0.595. The fourth-order valence-corrected chi connectivity index (χ4v) is 4.23. The SMILES string of the molecule is Cn1cnnc1Sc1ccc(C(=O)Nc2nc(-c3c[nH]c(C(N)=O)c3)cs2)cc1[N+](=O)[O-]. The zero-order chi connectivity index (χ0) is 22.8. The van der Waals surface area contributed by atoms with E-state index < -0.39 is 16.7 Å². The fourth-order valence-electron chi connectivity index (χ4n) is 2.67. The van der Waals surface area contributed by atoms with E-state index in [-0.39, 0.29) is 16.9 Å². The first-order chi connectivity index (χ1) is 15.3. The van der Waals surface area contributed by atoms with Gasteiger partial charge in [0.15, 0.2) is 10.3 Å². The van der Waals surface area contributed by atoms with Crippen molar-refractivity contribution in [3.05, 3.63) is 63.5 Å². The molecule has 2 amide bonds. The van der Waals surface area contributed by atoms with Crippen LogP contribution in [-0.2, 0) is 7.05 Å². The number of nitro groups is 1. The summed E-state index contributed by atoms with van der Waals surface area (Å²) in [6.07, 6.45) is 3.07. The number of nitrogens with two attached hydrogens (primary N) is 1. The van der Waals surface area contributed by atoms with E-state index in [4.69, 9.17) is 5.73 Å². The lowest BCUT2D eigenvalue weighted by Gasteiger charge is -2.05. The fraction of sp³-hybridized carbons (Fsp3) is 0.0556. The Balaban J connectivity index is 1.52. The second-order valence-corrected chi connectivity index (χ2v) is 8.29. The quantitative estimate of drug-likeness (QED) is 0.273. The van der Waals surface area contributed by atoms with Gasteiger partial charge in [-0.05, 0) is 30.0 Å². The molecule has 0 bridgehead atoms. The van der Waals surface area contributed by atoms with Crippen molar-refractivity contribution < 1.29 is 14.5 Å². The Hall–Kier alpha value is -4.04. The first-order valence-corrected chi connectivity index (χ1v) is 10.6. The molecule has 0 radical (unpaired) electrons. The highest BCUT2D eigenvalue weighted by Gasteiger charge is 2.21. The van der Waals surface area contributed by atoms with E-state index in [2.05, 4.69) is 25.5 Å². The van der Waals surface area contributed by atoms with Gasteiger partial charge in [-0.1, -0.05) is 0 Å². The van der Waals surface area contributed by atoms with Gasteiger partial charge in [0.1, 0.15) is 12.0 Å². The molecule has 4 rings (SSSR count). The van der Waals surface area contributed by atoms with E-state index in [0.29, 0.717) is 26.4 Å². The number of hydrogen-bond acceptors (Lipinski definition) is 9. The third kappa shape index (κ3) is 4.35. The van der Waals surface area contributed by atoms with Crippen molar-refractivity contribution in [1.82, 2.24) is 24.7 Å². The number of nitro benzene ring substituents is 1. The Morgan fingerprint density at radius 3 is 2.81 bits per heavy atom. The van der Waals surface area contributed by atoms with E-state index in [1.165, 1.54) is 35.9 Å². The van der Waals surface area contributed by atoms with Crippen molar-refractivity contribution in [2.45, 2.75) is 10.1 Å². The molecule has 0 saturated heterocycles. The summed E-state index contributed by atoms with van der Waals surface area (Å²) in [5, 5.41) is 24.3. The predicted molar refractivity (Wildman–Crippen MR) is 117 cm³/mol. The Morgan fingerprint density at radius 2 is 2.16 bits per heavy atom. The summed E-state index contributed by atoms with van der Waals surface area (Å²) < 4.78 is 1.63. The average Bonchev–Trinajstić information content (AvgIpc) is 3.49. The lowest BCUT2D eigenvalue weighted by atomic mass is 10.2. The number of aromatic nitrogens is 5. The molecule has 14 heteroatoms. The summed E-state index contributed by atoms with van der Waals surface area (Å²) >= 11 is 2.25. The molecule has 32 heavy (non-hydrogen) atoms. The van der Waals surface area contributed by atoms with E-state index in [1.54, 1.807) is 29.3 Å². The van der Waals surface area contributed by atoms with Crippen LogP contribution < -0.4 is 11.1 Å². The Labute approximate surface area is 188 Å². The third-order valence-electron chi connectivity index (χ3n) is 4.26. The molecule has 1 aromatic carbocycles. The highest BCUT2D eigenvalue weighted by molar-refractivity contribution is 7.99. The number of anilines is 1. The van der Waals surface area contributed by atoms with Gasteiger partial charge in [0.05, 0.1) is 15.5 Å². The molecule has 0 aliphatic heterocycles. The molecule has 162 valence electrons. The van der Waals surface area contributed by atoms with Crippen molar-refractivity contribution in [1.29, 1.82) is 0 Å². The first kappa shape index (κ1) is 21.2. The molecule has 0 aliphatic carbocycles. The van der Waals surface area contributed by atoms with Gasteiger partial charge in [-0.3, -0.25) is 25.0 Å². The second kappa shape index (κ2) is 8.60. The summed E-state index contributed by atoms with van der Waals surface area (Å²) in [5.74, 6) is -1.14. The zero-order valence-corrected chi connectivity index (χ0v) is 17.9. The Kier molecular flexibility index (Phi) is 5.70. The van der Waals surface area contributed by atoms with Crippen LogP contribution in [0.3, 0.4) is 0 Å². The van der Waals surface area contributed by atoms with Gasteiger partial charge < -0.3 is 15.3 Å². The number of carbonyl (C=O) groups excluding carboxylic acids is 2. The topological polar surface area (TPSA) is 175 Å². The smallest absolute Gasteiger partial charge is 0.284 e. The summed E-state index contributed by atoms with van der Waals surface area (Å²) in [6, 6.07) is 5.74. The number of primary amides is 1. The lowest BCUT2D eigenvalue weighted by Crippen LogP contribution is -2.12. The van der Waals surface area contributed by atoms with Crippen LogP contribution in [0.1, 0.15) is 20.8 Å². The Bertz CT molecular complexity index is 1340. The van der Waals surface area contributed by atoms with Crippen LogP contribution in [0.15, 0.2) is 52.2 Å². The van der Waals surface area contributed by atoms with E-state index in [0.717, 1.165) is 11.8 Å². The number of thiazole rings is 1. The molecule has 0 aliphatic rings. The van der Waals surface area contributed by atoms with Crippen LogP contribution in [0.2, 0.25) is 0 Å². The van der Waals surface area contributed by atoms with Crippen LogP contribution in [0, 0.1) is 10.1 Å². The number of nitrogens with one attached hydrogen (secondary N) is 2. The number of amides is 2. The highest BCUT2D eigenvalue weighted by atomic mass is 32.2. The minimum Gasteiger partial charge on any atom is -0.364 e. The van der Waals surface area contributed by atoms with E-state index in [1.807, 2.05) is 0 Å². The molecule has 0 spiro atoms. The van der Waals surface area contributed by atoms with Gasteiger partial charge in [-0.15, -0.1) is 21.5 Å². The third-order valence-corrected chi connectivity index (χ3v) is 6.13. The maximum atomic E-state index is 12.6. The molecule has 0 fully saturated rings. The van der Waals surface area contributed by atoms with Crippen LogP contribution in [-0.4, -0.2) is 41.5 Å². The van der Waals surface area contributed by atoms with Crippen LogP contribution >= 0.6 is 23.1 Å². The van der Waals surface area contributed by atoms with Crippen LogP contribution in [0.5, 0.6) is 0 Å². The summed E-state index contributed by atoms with van der Waals surface area (Å²) in [7, 11) is 1.72. The molecule has 3 heterocycles. The van der Waals surface area contributed by atoms with Gasteiger partial charge in [0.25, 0.3) is 17.5 Å². The van der Waals surface area contributed by atoms with Crippen LogP contribution in [0.4, 0.5) is 10.8 Å². The number of nitrogens with zero attached hydrogens (tertiary/aromatic N) is 5. The van der Waals surface area contributed by atoms with Gasteiger partial charge in [0, 0.05) is 35.8 Å². The molecule has 12 nitrogen and oxygen atoms in total. The molecule has 4 aromatic rings. The average molecular weight is 470 g/mol. The van der Waals surface area contributed by atoms with Gasteiger partial charge in [-0.25, -0.2) is 4.98 Å². The monoisotopic (exact) mass is 470 g/mol. The molecule has 3 aromatic heterocycles. The molecule has 0 saturated carbocycles. The minimum absolute atomic E-state index is 0.105. The van der Waals surface area contributed by atoms with Gasteiger partial charge >= 0.3 is 0 Å². The molecule has 4 N–H and O–H groups in total. The summed E-state index contributed by atoms with van der Waals surface area (Å²) in [5.41, 5.74) is 6.52. The number of benzene rings is 1. The van der Waals surface area contributed by atoms with Crippen molar-refractivity contribution in [3.8, 4) is 11.3 Å². The van der Waals surface area contributed by atoms with Crippen molar-refractivity contribution >= 4 is 45.7 Å². The lowest BCUT2D eigenvalue weighted by molar-refractivity contribution is -0.387. The van der Waals surface area contributed by atoms with E-state index in [9.17, 15) is 19.7 Å².